The molecule has 0 aliphatic carbocycles. The van der Waals surface area contributed by atoms with Gasteiger partial charge in [-0.25, -0.2) is 0 Å². The summed E-state index contributed by atoms with van der Waals surface area (Å²) >= 11 is 5.84. The molecule has 20 heavy (non-hydrogen) atoms. The van der Waals surface area contributed by atoms with E-state index in [0.717, 1.165) is 50.0 Å². The minimum absolute atomic E-state index is 0.277. The molecule has 4 nitrogen and oxygen atoms in total. The van der Waals surface area contributed by atoms with Gasteiger partial charge >= 0.3 is 0 Å². The van der Waals surface area contributed by atoms with E-state index in [9.17, 15) is 0 Å². The molecule has 1 atom stereocenters. The smallest absolute Gasteiger partial charge is 0.119 e. The molecule has 0 spiro atoms. The van der Waals surface area contributed by atoms with Crippen molar-refractivity contribution in [2.45, 2.75) is 12.5 Å². The number of hydrogen-bond acceptors (Lipinski definition) is 4. The highest BCUT2D eigenvalue weighted by molar-refractivity contribution is 6.30. The summed E-state index contributed by atoms with van der Waals surface area (Å²) in [6.45, 7) is 5.05. The second-order valence-electron chi connectivity index (χ2n) is 4.88. The van der Waals surface area contributed by atoms with E-state index < -0.39 is 0 Å². The zero-order chi connectivity index (χ0) is 14.2. The van der Waals surface area contributed by atoms with Crippen LogP contribution in [0.4, 0.5) is 0 Å². The lowest BCUT2D eigenvalue weighted by Crippen LogP contribution is -2.44. The van der Waals surface area contributed by atoms with E-state index in [4.69, 9.17) is 25.8 Å². The van der Waals surface area contributed by atoms with Crippen LogP contribution < -0.4 is 4.74 Å². The Morgan fingerprint density at radius 2 is 2.10 bits per heavy atom. The Labute approximate surface area is 125 Å². The number of nitrogens with zero attached hydrogens (tertiary/aromatic N) is 1. The summed E-state index contributed by atoms with van der Waals surface area (Å²) < 4.78 is 16.5. The number of ether oxygens (including phenoxy) is 3. The molecule has 1 aliphatic rings. The maximum Gasteiger partial charge on any atom is 0.119 e. The molecule has 0 amide bonds. The van der Waals surface area contributed by atoms with Crippen molar-refractivity contribution in [2.75, 3.05) is 46.6 Å². The second kappa shape index (κ2) is 8.47. The Balaban J connectivity index is 1.67. The van der Waals surface area contributed by atoms with Gasteiger partial charge in [0, 0.05) is 38.4 Å². The molecule has 0 N–H and O–H groups in total. The van der Waals surface area contributed by atoms with E-state index in [2.05, 4.69) is 4.90 Å². The zero-order valence-corrected chi connectivity index (χ0v) is 12.6. The molecular formula is C15H22ClNO3. The molecule has 1 heterocycles. The largest absolute Gasteiger partial charge is 0.492 e. The normalized spacial score (nSPS) is 20.0. The van der Waals surface area contributed by atoms with Crippen LogP contribution >= 0.6 is 11.6 Å². The molecule has 5 heteroatoms. The van der Waals surface area contributed by atoms with Gasteiger partial charge in [-0.3, -0.25) is 4.90 Å². The molecule has 0 saturated carbocycles. The fraction of sp³-hybridized carbons (Fsp3) is 0.600. The summed E-state index contributed by atoms with van der Waals surface area (Å²) in [5.74, 6) is 0.860. The molecule has 1 saturated heterocycles. The van der Waals surface area contributed by atoms with Gasteiger partial charge in [0.15, 0.2) is 0 Å². The molecule has 0 bridgehead atoms. The van der Waals surface area contributed by atoms with E-state index in [0.29, 0.717) is 6.61 Å². The van der Waals surface area contributed by atoms with Gasteiger partial charge in [-0.15, -0.1) is 0 Å². The van der Waals surface area contributed by atoms with Gasteiger partial charge in [0.1, 0.15) is 12.4 Å². The van der Waals surface area contributed by atoms with Crippen LogP contribution in [0.3, 0.4) is 0 Å². The van der Waals surface area contributed by atoms with Crippen LogP contribution in [0.15, 0.2) is 24.3 Å². The SMILES string of the molecule is COCC[C@@H]1CN(CCOc2ccc(Cl)cc2)CCO1. The molecule has 2 rings (SSSR count). The first-order chi connectivity index (χ1) is 9.78. The summed E-state index contributed by atoms with van der Waals surface area (Å²) in [5, 5.41) is 0.728. The lowest BCUT2D eigenvalue weighted by atomic mass is 10.2. The molecule has 0 aromatic heterocycles. The maximum absolute atomic E-state index is 5.84. The van der Waals surface area contributed by atoms with Crippen LogP contribution in [0, 0.1) is 0 Å². The van der Waals surface area contributed by atoms with Crippen molar-refractivity contribution in [1.29, 1.82) is 0 Å². The number of methoxy groups -OCH3 is 1. The number of hydrogen-bond donors (Lipinski definition) is 0. The highest BCUT2D eigenvalue weighted by Crippen LogP contribution is 2.15. The first-order valence-electron chi connectivity index (χ1n) is 6.99. The lowest BCUT2D eigenvalue weighted by Gasteiger charge is -2.32. The van der Waals surface area contributed by atoms with Crippen molar-refractivity contribution in [3.05, 3.63) is 29.3 Å². The second-order valence-corrected chi connectivity index (χ2v) is 5.31. The fourth-order valence-corrected chi connectivity index (χ4v) is 2.36. The number of morpholine rings is 1. The van der Waals surface area contributed by atoms with Gasteiger partial charge in [-0.1, -0.05) is 11.6 Å². The van der Waals surface area contributed by atoms with Crippen LogP contribution in [0.5, 0.6) is 5.75 Å². The third kappa shape index (κ3) is 5.29. The summed E-state index contributed by atoms with van der Waals surface area (Å²) in [6.07, 6.45) is 1.23. The number of benzene rings is 1. The molecule has 1 fully saturated rings. The zero-order valence-electron chi connectivity index (χ0n) is 11.9. The van der Waals surface area contributed by atoms with E-state index in [1.165, 1.54) is 0 Å². The van der Waals surface area contributed by atoms with Crippen molar-refractivity contribution in [3.8, 4) is 5.75 Å². The highest BCUT2D eigenvalue weighted by Gasteiger charge is 2.19. The first kappa shape index (κ1) is 15.6. The number of rotatable bonds is 7. The average Bonchev–Trinajstić information content (AvgIpc) is 2.48. The minimum atomic E-state index is 0.277. The van der Waals surface area contributed by atoms with Crippen molar-refractivity contribution >= 4 is 11.6 Å². The van der Waals surface area contributed by atoms with E-state index >= 15 is 0 Å². The van der Waals surface area contributed by atoms with Gasteiger partial charge in [0.05, 0.1) is 12.7 Å². The predicted molar refractivity (Wildman–Crippen MR) is 79.6 cm³/mol. The fourth-order valence-electron chi connectivity index (χ4n) is 2.23. The monoisotopic (exact) mass is 299 g/mol. The number of halogens is 1. The lowest BCUT2D eigenvalue weighted by molar-refractivity contribution is -0.0430. The Kier molecular flexibility index (Phi) is 6.60. The Morgan fingerprint density at radius 1 is 1.30 bits per heavy atom. The van der Waals surface area contributed by atoms with Gasteiger partial charge in [0.25, 0.3) is 0 Å². The molecule has 112 valence electrons. The van der Waals surface area contributed by atoms with Gasteiger partial charge < -0.3 is 14.2 Å². The molecule has 0 radical (unpaired) electrons. The average molecular weight is 300 g/mol. The van der Waals surface area contributed by atoms with Crippen LogP contribution in [-0.2, 0) is 9.47 Å². The van der Waals surface area contributed by atoms with Gasteiger partial charge in [0.2, 0.25) is 0 Å². The summed E-state index contributed by atoms with van der Waals surface area (Å²) in [7, 11) is 1.72. The standard InChI is InChI=1S/C15H22ClNO3/c1-18-9-6-15-12-17(8-11-20-15)7-10-19-14-4-2-13(16)3-5-14/h2-5,15H,6-12H2,1H3/t15-/m1/s1. The highest BCUT2D eigenvalue weighted by atomic mass is 35.5. The molecule has 0 unspecified atom stereocenters. The molecule has 1 aliphatic heterocycles. The molecule has 1 aromatic carbocycles. The van der Waals surface area contributed by atoms with Gasteiger partial charge in [-0.05, 0) is 30.7 Å². The van der Waals surface area contributed by atoms with Crippen LogP contribution in [0.25, 0.3) is 0 Å². The van der Waals surface area contributed by atoms with Crippen LogP contribution in [0.2, 0.25) is 5.02 Å². The Hall–Kier alpha value is -0.810. The van der Waals surface area contributed by atoms with Gasteiger partial charge in [-0.2, -0.15) is 0 Å². The summed E-state index contributed by atoms with van der Waals surface area (Å²) in [5.41, 5.74) is 0. The summed E-state index contributed by atoms with van der Waals surface area (Å²) in [4.78, 5) is 2.37. The molecule has 1 aromatic rings. The van der Waals surface area contributed by atoms with E-state index in [1.807, 2.05) is 24.3 Å². The first-order valence-corrected chi connectivity index (χ1v) is 7.37. The topological polar surface area (TPSA) is 30.9 Å². The van der Waals surface area contributed by atoms with Crippen molar-refractivity contribution in [3.63, 3.8) is 0 Å². The maximum atomic E-state index is 5.84. The van der Waals surface area contributed by atoms with Crippen LogP contribution in [-0.4, -0.2) is 57.6 Å². The van der Waals surface area contributed by atoms with Crippen molar-refractivity contribution in [2.24, 2.45) is 0 Å². The molecular weight excluding hydrogens is 278 g/mol. The Bertz CT molecular complexity index is 385. The third-order valence-corrected chi connectivity index (χ3v) is 3.61. The van der Waals surface area contributed by atoms with E-state index in [-0.39, 0.29) is 6.10 Å². The quantitative estimate of drug-likeness (QED) is 0.774. The van der Waals surface area contributed by atoms with E-state index in [1.54, 1.807) is 7.11 Å². The minimum Gasteiger partial charge on any atom is -0.492 e. The Morgan fingerprint density at radius 3 is 2.85 bits per heavy atom. The van der Waals surface area contributed by atoms with Crippen LogP contribution in [0.1, 0.15) is 6.42 Å². The van der Waals surface area contributed by atoms with Crippen molar-refractivity contribution in [1.82, 2.24) is 4.90 Å². The predicted octanol–water partition coefficient (Wildman–Crippen LogP) is 2.46. The van der Waals surface area contributed by atoms with Crippen molar-refractivity contribution < 1.29 is 14.2 Å². The third-order valence-electron chi connectivity index (χ3n) is 3.36. The summed E-state index contributed by atoms with van der Waals surface area (Å²) in [6, 6.07) is 7.46.